The molecule has 1 aliphatic carbocycles. The van der Waals surface area contributed by atoms with Gasteiger partial charge in [0.25, 0.3) is 0 Å². The normalized spacial score (nSPS) is 15.4. The Morgan fingerprint density at radius 2 is 2.00 bits per heavy atom. The molecule has 0 atom stereocenters. The molecule has 1 fully saturated rings. The largest absolute Gasteiger partial charge is 0.465 e. The van der Waals surface area contributed by atoms with E-state index in [4.69, 9.17) is 9.72 Å². The summed E-state index contributed by atoms with van der Waals surface area (Å²) in [6.07, 6.45) is 5.14. The molecule has 29 heavy (non-hydrogen) atoms. The summed E-state index contributed by atoms with van der Waals surface area (Å²) in [5, 5.41) is 0. The summed E-state index contributed by atoms with van der Waals surface area (Å²) in [6.45, 7) is 1.38. The SMILES string of the molecule is COC(=O)c1cc2c(cc1F)N(Cc1ccccc1)CCc1nc(C3CC3)cn1-2. The maximum atomic E-state index is 14.8. The predicted molar refractivity (Wildman–Crippen MR) is 108 cm³/mol. The summed E-state index contributed by atoms with van der Waals surface area (Å²) in [5.41, 5.74) is 3.72. The van der Waals surface area contributed by atoms with Gasteiger partial charge in [-0.1, -0.05) is 30.3 Å². The van der Waals surface area contributed by atoms with Gasteiger partial charge in [-0.05, 0) is 24.5 Å². The van der Waals surface area contributed by atoms with E-state index in [9.17, 15) is 9.18 Å². The van der Waals surface area contributed by atoms with E-state index >= 15 is 0 Å². The molecular weight excluding hydrogens is 369 g/mol. The van der Waals surface area contributed by atoms with Crippen molar-refractivity contribution >= 4 is 11.7 Å². The Morgan fingerprint density at radius 1 is 1.21 bits per heavy atom. The lowest BCUT2D eigenvalue weighted by molar-refractivity contribution is 0.0595. The molecule has 1 aromatic heterocycles. The molecule has 3 aromatic rings. The van der Waals surface area contributed by atoms with Gasteiger partial charge < -0.3 is 14.2 Å². The molecule has 5 rings (SSSR count). The third-order valence-corrected chi connectivity index (χ3v) is 5.68. The molecule has 1 aliphatic heterocycles. The van der Waals surface area contributed by atoms with Crippen molar-refractivity contribution in [3.63, 3.8) is 0 Å². The number of carbonyl (C=O) groups is 1. The van der Waals surface area contributed by atoms with Crippen molar-refractivity contribution < 1.29 is 13.9 Å². The number of anilines is 1. The van der Waals surface area contributed by atoms with Gasteiger partial charge in [-0.25, -0.2) is 14.2 Å². The molecule has 0 radical (unpaired) electrons. The zero-order valence-electron chi connectivity index (χ0n) is 16.3. The van der Waals surface area contributed by atoms with Crippen LogP contribution in [0.3, 0.4) is 0 Å². The van der Waals surface area contributed by atoms with Crippen LogP contribution in [0.1, 0.15) is 46.2 Å². The van der Waals surface area contributed by atoms with Crippen molar-refractivity contribution in [3.05, 3.63) is 77.1 Å². The maximum absolute atomic E-state index is 14.8. The highest BCUT2D eigenvalue weighted by Crippen LogP contribution is 2.41. The van der Waals surface area contributed by atoms with Gasteiger partial charge in [0.1, 0.15) is 11.6 Å². The van der Waals surface area contributed by atoms with Gasteiger partial charge in [0, 0.05) is 37.7 Å². The predicted octanol–water partition coefficient (Wildman–Crippen LogP) is 4.24. The molecule has 2 heterocycles. The second-order valence-electron chi connectivity index (χ2n) is 7.70. The van der Waals surface area contributed by atoms with Crippen LogP contribution in [0.25, 0.3) is 5.69 Å². The molecular formula is C23H22FN3O2. The molecule has 2 aliphatic rings. The summed E-state index contributed by atoms with van der Waals surface area (Å²) in [7, 11) is 1.27. The Balaban J connectivity index is 1.63. The molecule has 0 N–H and O–H groups in total. The third-order valence-electron chi connectivity index (χ3n) is 5.68. The van der Waals surface area contributed by atoms with Crippen molar-refractivity contribution in [2.24, 2.45) is 0 Å². The lowest BCUT2D eigenvalue weighted by Gasteiger charge is -2.25. The highest BCUT2D eigenvalue weighted by Gasteiger charge is 2.30. The number of hydrogen-bond acceptors (Lipinski definition) is 4. The van der Waals surface area contributed by atoms with Crippen LogP contribution < -0.4 is 4.90 Å². The maximum Gasteiger partial charge on any atom is 0.340 e. The second-order valence-corrected chi connectivity index (χ2v) is 7.70. The van der Waals surface area contributed by atoms with Gasteiger partial charge in [0.2, 0.25) is 0 Å². The van der Waals surface area contributed by atoms with Gasteiger partial charge in [-0.2, -0.15) is 0 Å². The quantitative estimate of drug-likeness (QED) is 0.624. The first-order chi connectivity index (χ1) is 14.1. The average molecular weight is 391 g/mol. The van der Waals surface area contributed by atoms with Gasteiger partial charge in [-0.3, -0.25) is 0 Å². The van der Waals surface area contributed by atoms with Gasteiger partial charge in [0.15, 0.2) is 0 Å². The van der Waals surface area contributed by atoms with E-state index in [0.717, 1.165) is 41.4 Å². The number of aromatic nitrogens is 2. The minimum atomic E-state index is -0.673. The third kappa shape index (κ3) is 3.28. The molecule has 0 amide bonds. The Hall–Kier alpha value is -3.15. The van der Waals surface area contributed by atoms with Crippen molar-refractivity contribution in [3.8, 4) is 5.69 Å². The second kappa shape index (κ2) is 7.03. The van der Waals surface area contributed by atoms with E-state index in [2.05, 4.69) is 23.2 Å². The van der Waals surface area contributed by atoms with Crippen LogP contribution in [0, 0.1) is 5.82 Å². The van der Waals surface area contributed by atoms with Crippen molar-refractivity contribution in [1.82, 2.24) is 9.55 Å². The lowest BCUT2D eigenvalue weighted by Crippen LogP contribution is -2.25. The first-order valence-electron chi connectivity index (χ1n) is 9.93. The first kappa shape index (κ1) is 17.9. The summed E-state index contributed by atoms with van der Waals surface area (Å²) >= 11 is 0. The lowest BCUT2D eigenvalue weighted by atomic mass is 10.1. The fourth-order valence-electron chi connectivity index (χ4n) is 3.99. The van der Waals surface area contributed by atoms with E-state index in [0.29, 0.717) is 12.5 Å². The first-order valence-corrected chi connectivity index (χ1v) is 9.93. The van der Waals surface area contributed by atoms with Crippen LogP contribution in [-0.4, -0.2) is 29.2 Å². The smallest absolute Gasteiger partial charge is 0.340 e. The number of rotatable bonds is 4. The van der Waals surface area contributed by atoms with E-state index in [1.807, 2.05) is 22.8 Å². The number of nitrogens with zero attached hydrogens (tertiary/aromatic N) is 3. The molecule has 5 nitrogen and oxygen atoms in total. The number of halogens is 1. The van der Waals surface area contributed by atoms with Crippen LogP contribution in [0.2, 0.25) is 0 Å². The highest BCUT2D eigenvalue weighted by molar-refractivity contribution is 5.91. The number of benzene rings is 2. The monoisotopic (exact) mass is 391 g/mol. The topological polar surface area (TPSA) is 47.4 Å². The molecule has 6 heteroatoms. The average Bonchev–Trinajstić information content (AvgIpc) is 3.52. The van der Waals surface area contributed by atoms with Crippen molar-refractivity contribution in [2.45, 2.75) is 31.7 Å². The Labute approximate surface area is 168 Å². The Kier molecular flexibility index (Phi) is 4.34. The van der Waals surface area contributed by atoms with Crippen molar-refractivity contribution in [2.75, 3.05) is 18.6 Å². The standard InChI is InChI=1S/C23H22FN3O2/c1-29-23(28)17-11-21-20(12-18(17)24)26(13-15-5-3-2-4-6-15)10-9-22-25-19(14-27(21)22)16-7-8-16/h2-6,11-12,14,16H,7-10,13H2,1H3. The Bertz CT molecular complexity index is 1070. The van der Waals surface area contributed by atoms with E-state index in [-0.39, 0.29) is 5.56 Å². The van der Waals surface area contributed by atoms with Crippen LogP contribution >= 0.6 is 0 Å². The number of methoxy groups -OCH3 is 1. The summed E-state index contributed by atoms with van der Waals surface area (Å²) in [5.74, 6) is 0.234. The fraction of sp³-hybridized carbons (Fsp3) is 0.304. The Morgan fingerprint density at radius 3 is 2.72 bits per heavy atom. The van der Waals surface area contributed by atoms with Crippen LogP contribution in [0.5, 0.6) is 0 Å². The minimum absolute atomic E-state index is 0.0552. The molecule has 0 bridgehead atoms. The molecule has 2 aromatic carbocycles. The molecule has 0 saturated heterocycles. The number of hydrogen-bond donors (Lipinski definition) is 0. The van der Waals surface area contributed by atoms with Gasteiger partial charge >= 0.3 is 5.97 Å². The van der Waals surface area contributed by atoms with E-state index in [1.165, 1.54) is 26.0 Å². The van der Waals surface area contributed by atoms with Crippen LogP contribution in [0.15, 0.2) is 48.7 Å². The van der Waals surface area contributed by atoms with E-state index < -0.39 is 11.8 Å². The molecule has 0 unspecified atom stereocenters. The van der Waals surface area contributed by atoms with Crippen molar-refractivity contribution in [1.29, 1.82) is 0 Å². The zero-order valence-corrected chi connectivity index (χ0v) is 16.3. The minimum Gasteiger partial charge on any atom is -0.465 e. The van der Waals surface area contributed by atoms with Gasteiger partial charge in [0.05, 0.1) is 29.7 Å². The number of ether oxygens (including phenoxy) is 1. The summed E-state index contributed by atoms with van der Waals surface area (Å²) < 4.78 is 21.6. The van der Waals surface area contributed by atoms with E-state index in [1.54, 1.807) is 6.07 Å². The molecule has 148 valence electrons. The number of fused-ring (bicyclic) bond motifs is 3. The fourth-order valence-corrected chi connectivity index (χ4v) is 3.99. The summed E-state index contributed by atoms with van der Waals surface area (Å²) in [4.78, 5) is 19.1. The van der Waals surface area contributed by atoms with Crippen LogP contribution in [-0.2, 0) is 17.7 Å². The van der Waals surface area contributed by atoms with Crippen LogP contribution in [0.4, 0.5) is 10.1 Å². The number of imidazole rings is 1. The molecule has 0 spiro atoms. The van der Waals surface area contributed by atoms with Gasteiger partial charge in [-0.15, -0.1) is 0 Å². The summed E-state index contributed by atoms with van der Waals surface area (Å²) in [6, 6.07) is 13.2. The zero-order chi connectivity index (χ0) is 20.0. The highest BCUT2D eigenvalue weighted by atomic mass is 19.1. The number of carbonyl (C=O) groups excluding carboxylic acids is 1. The number of esters is 1. The molecule has 1 saturated carbocycles.